The zero-order valence-corrected chi connectivity index (χ0v) is 20.4. The van der Waals surface area contributed by atoms with E-state index in [1.165, 1.54) is 23.1 Å². The Morgan fingerprint density at radius 3 is 2.78 bits per heavy atom. The van der Waals surface area contributed by atoms with Crippen molar-refractivity contribution >= 4 is 22.8 Å². The summed E-state index contributed by atoms with van der Waals surface area (Å²) in [6.07, 6.45) is 5.55. The Bertz CT molecular complexity index is 1430. The average Bonchev–Trinajstić information content (AvgIpc) is 3.28. The Morgan fingerprint density at radius 1 is 1.30 bits per heavy atom. The summed E-state index contributed by atoms with van der Waals surface area (Å²) in [5, 5.41) is 10.9. The summed E-state index contributed by atoms with van der Waals surface area (Å²) < 4.78 is 30.4. The first kappa shape index (κ1) is 24.6. The van der Waals surface area contributed by atoms with Gasteiger partial charge < -0.3 is 14.8 Å². The van der Waals surface area contributed by atoms with E-state index in [4.69, 9.17) is 6.42 Å². The number of aromatic nitrogens is 1. The fourth-order valence-corrected chi connectivity index (χ4v) is 5.41. The quantitative estimate of drug-likeness (QED) is 0.375. The molecule has 5 rings (SSSR count). The number of rotatable bonds is 7. The number of fused-ring (bicyclic) bond motifs is 4. The third kappa shape index (κ3) is 4.05. The molecule has 2 aliphatic rings. The zero-order chi connectivity index (χ0) is 26.5. The molecule has 0 aliphatic carbocycles. The summed E-state index contributed by atoms with van der Waals surface area (Å²) in [4.78, 5) is 35.5. The van der Waals surface area contributed by atoms with Crippen molar-refractivity contribution in [1.29, 1.82) is 0 Å². The highest BCUT2D eigenvalue weighted by Crippen LogP contribution is 2.49. The van der Waals surface area contributed by atoms with Crippen molar-refractivity contribution in [3.8, 4) is 23.8 Å². The molecule has 2 atom stereocenters. The molecule has 192 valence electrons. The molecule has 0 bridgehead atoms. The second kappa shape index (κ2) is 9.09. The molecule has 1 fully saturated rings. The maximum absolute atomic E-state index is 13.8. The van der Waals surface area contributed by atoms with Gasteiger partial charge in [-0.15, -0.1) is 6.42 Å². The van der Waals surface area contributed by atoms with Gasteiger partial charge in [0.15, 0.2) is 0 Å². The molecule has 2 aliphatic heterocycles. The topological polar surface area (TPSA) is 89.1 Å². The van der Waals surface area contributed by atoms with Gasteiger partial charge in [-0.2, -0.15) is 8.78 Å². The maximum atomic E-state index is 13.8. The van der Waals surface area contributed by atoms with Crippen LogP contribution in [0.3, 0.4) is 0 Å². The number of terminal acetylenes is 1. The van der Waals surface area contributed by atoms with Crippen molar-refractivity contribution in [2.45, 2.75) is 31.5 Å². The number of halogens is 2. The molecule has 3 amide bonds. The van der Waals surface area contributed by atoms with Crippen LogP contribution in [0.15, 0.2) is 42.5 Å². The van der Waals surface area contributed by atoms with E-state index in [1.807, 2.05) is 11.9 Å². The molecule has 0 unspecified atom stereocenters. The van der Waals surface area contributed by atoms with Crippen LogP contribution < -0.4 is 4.74 Å². The summed E-state index contributed by atoms with van der Waals surface area (Å²) in [6, 6.07) is 9.94. The van der Waals surface area contributed by atoms with Crippen LogP contribution in [-0.2, 0) is 11.2 Å². The summed E-state index contributed by atoms with van der Waals surface area (Å²) >= 11 is 0. The van der Waals surface area contributed by atoms with Crippen molar-refractivity contribution in [1.82, 2.24) is 19.7 Å². The van der Waals surface area contributed by atoms with Gasteiger partial charge in [0.1, 0.15) is 23.1 Å². The predicted molar refractivity (Wildman–Crippen MR) is 132 cm³/mol. The average molecular weight is 509 g/mol. The maximum Gasteiger partial charge on any atom is 0.387 e. The highest BCUT2D eigenvalue weighted by molar-refractivity contribution is 6.08. The number of hydrogen-bond donors (Lipinski definition) is 2. The van der Waals surface area contributed by atoms with E-state index in [9.17, 15) is 23.5 Å². The van der Waals surface area contributed by atoms with E-state index in [-0.39, 0.29) is 30.4 Å². The number of aromatic amines is 1. The first-order valence-corrected chi connectivity index (χ1v) is 11.8. The fourth-order valence-electron chi connectivity index (χ4n) is 5.41. The van der Waals surface area contributed by atoms with Crippen LogP contribution in [0.4, 0.5) is 13.6 Å². The minimum absolute atomic E-state index is 0.00205. The fraction of sp³-hybridized carbons (Fsp3) is 0.333. The van der Waals surface area contributed by atoms with Gasteiger partial charge in [-0.1, -0.05) is 18.1 Å². The molecule has 2 N–H and O–H groups in total. The SMILES string of the molecule is C#CCN(C)CCN1C(=O)N2[C@H](c3cccc(O)c3)c3[nH]c4ccc(OC(F)F)cc4c3C[C@@]2(C)C1=O. The zero-order valence-electron chi connectivity index (χ0n) is 20.4. The van der Waals surface area contributed by atoms with E-state index in [0.29, 0.717) is 35.2 Å². The predicted octanol–water partition coefficient (Wildman–Crippen LogP) is 3.71. The molecular weight excluding hydrogens is 482 g/mol. The molecular formula is C27H26F2N4O4. The number of alkyl halides is 2. The Labute approximate surface area is 212 Å². The van der Waals surface area contributed by atoms with Crippen LogP contribution in [0, 0.1) is 12.3 Å². The number of aromatic hydroxyl groups is 1. The summed E-state index contributed by atoms with van der Waals surface area (Å²) in [7, 11) is 1.81. The van der Waals surface area contributed by atoms with Crippen LogP contribution in [0.1, 0.15) is 29.8 Å². The molecule has 3 heterocycles. The molecule has 2 aromatic carbocycles. The number of nitrogens with one attached hydrogen (secondary N) is 1. The van der Waals surface area contributed by atoms with E-state index in [1.54, 1.807) is 36.1 Å². The smallest absolute Gasteiger partial charge is 0.387 e. The third-order valence-electron chi connectivity index (χ3n) is 7.12. The van der Waals surface area contributed by atoms with Gasteiger partial charge in [0.25, 0.3) is 5.91 Å². The number of nitrogens with zero attached hydrogens (tertiary/aromatic N) is 3. The second-order valence-electron chi connectivity index (χ2n) is 9.60. The summed E-state index contributed by atoms with van der Waals surface area (Å²) in [5.74, 6) is 2.20. The molecule has 1 saturated heterocycles. The van der Waals surface area contributed by atoms with Gasteiger partial charge in [-0.05, 0) is 55.4 Å². The van der Waals surface area contributed by atoms with Crippen molar-refractivity contribution in [3.05, 3.63) is 59.3 Å². The number of carbonyl (C=O) groups is 2. The number of phenols is 1. The number of benzene rings is 2. The van der Waals surface area contributed by atoms with Gasteiger partial charge in [0.2, 0.25) is 0 Å². The Balaban J connectivity index is 1.64. The Hall–Kier alpha value is -4.10. The second-order valence-corrected chi connectivity index (χ2v) is 9.60. The minimum Gasteiger partial charge on any atom is -0.508 e. The Morgan fingerprint density at radius 2 is 2.08 bits per heavy atom. The van der Waals surface area contributed by atoms with Crippen molar-refractivity contribution < 1.29 is 28.2 Å². The van der Waals surface area contributed by atoms with Gasteiger partial charge >= 0.3 is 12.6 Å². The van der Waals surface area contributed by atoms with Crippen LogP contribution in [0.2, 0.25) is 0 Å². The highest BCUT2D eigenvalue weighted by Gasteiger charge is 2.60. The van der Waals surface area contributed by atoms with Crippen LogP contribution in [0.25, 0.3) is 10.9 Å². The number of phenolic OH excluding ortho intramolecular Hbond substituents is 1. The van der Waals surface area contributed by atoms with Gasteiger partial charge in [-0.3, -0.25) is 19.5 Å². The van der Waals surface area contributed by atoms with Crippen LogP contribution >= 0.6 is 0 Å². The highest BCUT2D eigenvalue weighted by atomic mass is 19.3. The summed E-state index contributed by atoms with van der Waals surface area (Å²) in [5.41, 5.74) is 1.41. The third-order valence-corrected chi connectivity index (χ3v) is 7.12. The molecule has 8 nitrogen and oxygen atoms in total. The molecule has 3 aromatic rings. The first-order chi connectivity index (χ1) is 17.6. The van der Waals surface area contributed by atoms with Crippen molar-refractivity contribution in [2.75, 3.05) is 26.7 Å². The lowest BCUT2D eigenvalue weighted by Gasteiger charge is -2.42. The lowest BCUT2D eigenvalue weighted by molar-refractivity contribution is -0.133. The van der Waals surface area contributed by atoms with E-state index >= 15 is 0 Å². The van der Waals surface area contributed by atoms with Gasteiger partial charge in [0.05, 0.1) is 6.54 Å². The van der Waals surface area contributed by atoms with Crippen LogP contribution in [0.5, 0.6) is 11.5 Å². The molecule has 0 spiro atoms. The van der Waals surface area contributed by atoms with Crippen molar-refractivity contribution in [3.63, 3.8) is 0 Å². The standard InChI is InChI=1S/C27H26F2N4O4/c1-4-10-31(3)11-12-32-24(35)27(2)15-20-19-14-18(37-25(28)29)8-9-21(19)30-22(20)23(33(27)26(32)36)16-6-5-7-17(34)13-16/h1,5-9,13-14,23,25,30,34H,10-12,15H2,2-3H3/t23-,27+/m1/s1. The number of H-pyrrole nitrogens is 1. The number of ether oxygens (including phenoxy) is 1. The van der Waals surface area contributed by atoms with E-state index < -0.39 is 24.2 Å². The normalized spacial score (nSPS) is 21.1. The Kier molecular flexibility index (Phi) is 6.04. The van der Waals surface area contributed by atoms with E-state index in [0.717, 1.165) is 5.56 Å². The van der Waals surface area contributed by atoms with Gasteiger partial charge in [0, 0.05) is 36.1 Å². The molecule has 37 heavy (non-hydrogen) atoms. The number of carbonyl (C=O) groups excluding carboxylic acids is 2. The number of amides is 3. The number of likely N-dealkylation sites (N-methyl/N-ethyl adjacent to an activating group) is 1. The minimum atomic E-state index is -2.98. The monoisotopic (exact) mass is 508 g/mol. The number of urea groups is 1. The molecule has 1 aromatic heterocycles. The van der Waals surface area contributed by atoms with E-state index in [2.05, 4.69) is 15.6 Å². The number of hydrogen-bond acceptors (Lipinski definition) is 5. The lowest BCUT2D eigenvalue weighted by atomic mass is 9.81. The van der Waals surface area contributed by atoms with Gasteiger partial charge in [-0.25, -0.2) is 4.79 Å². The molecule has 10 heteroatoms. The summed E-state index contributed by atoms with van der Waals surface area (Å²) in [6.45, 7) is -0.311. The molecule has 0 radical (unpaired) electrons. The van der Waals surface area contributed by atoms with Crippen LogP contribution in [-0.4, -0.2) is 75.6 Å². The first-order valence-electron chi connectivity index (χ1n) is 11.8. The lowest BCUT2D eigenvalue weighted by Crippen LogP contribution is -2.53. The molecule has 0 saturated carbocycles. The van der Waals surface area contributed by atoms with Crippen molar-refractivity contribution in [2.24, 2.45) is 0 Å². The number of imide groups is 1. The largest absolute Gasteiger partial charge is 0.508 e.